The summed E-state index contributed by atoms with van der Waals surface area (Å²) < 4.78 is 0. The van der Waals surface area contributed by atoms with Gasteiger partial charge in [0, 0.05) is 38.3 Å². The number of rotatable bonds is 24. The van der Waals surface area contributed by atoms with Gasteiger partial charge >= 0.3 is 23.9 Å². The largest absolute Gasteiger partial charge is 0.480 e. The summed E-state index contributed by atoms with van der Waals surface area (Å²) in [5, 5.41) is 39.2. The van der Waals surface area contributed by atoms with Gasteiger partial charge in [0.2, 0.25) is 5.91 Å². The van der Waals surface area contributed by atoms with E-state index in [1.165, 1.54) is 17.0 Å². The Balaban J connectivity index is 1.90. The van der Waals surface area contributed by atoms with Crippen LogP contribution in [0.25, 0.3) is 0 Å². The molecule has 2 rings (SSSR count). The molecule has 18 heteroatoms. The highest BCUT2D eigenvalue weighted by atomic mass is 16.4. The van der Waals surface area contributed by atoms with Crippen LogP contribution in [-0.2, 0) is 41.7 Å². The third kappa shape index (κ3) is 18.2. The molecule has 0 radical (unpaired) electrons. The Hall–Kier alpha value is -5.43. The number of aliphatic carboxylic acids is 4. The monoisotopic (exact) mass is 715 g/mol. The van der Waals surface area contributed by atoms with Gasteiger partial charge in [-0.1, -0.05) is 42.5 Å². The number of benzene rings is 2. The van der Waals surface area contributed by atoms with E-state index in [1.807, 2.05) is 30.3 Å². The highest BCUT2D eigenvalue weighted by Gasteiger charge is 2.20. The molecule has 0 saturated heterocycles. The summed E-state index contributed by atoms with van der Waals surface area (Å²) >= 11 is 0. The van der Waals surface area contributed by atoms with Gasteiger partial charge in [0.05, 0.1) is 38.8 Å². The van der Waals surface area contributed by atoms with E-state index in [2.05, 4.69) is 16.2 Å². The SMILES string of the molecule is N[C@H](CCCc1ccccc1)C(=O)NNC(=O)c1ccc(CNC(=O)CN(CCN(CC(=O)O)CC(=O)O)CCN(CC(=O)O)CC(=O)O)cc1. The van der Waals surface area contributed by atoms with Crippen molar-refractivity contribution in [3.05, 3.63) is 71.3 Å². The molecule has 0 aromatic heterocycles. The van der Waals surface area contributed by atoms with E-state index in [0.717, 1.165) is 21.8 Å². The van der Waals surface area contributed by atoms with E-state index >= 15 is 0 Å². The third-order valence-corrected chi connectivity index (χ3v) is 7.43. The Morgan fingerprint density at radius 2 is 1.10 bits per heavy atom. The Labute approximate surface area is 294 Å². The first-order valence-corrected chi connectivity index (χ1v) is 16.0. The van der Waals surface area contributed by atoms with Gasteiger partial charge in [-0.25, -0.2) is 0 Å². The Morgan fingerprint density at radius 1 is 0.608 bits per heavy atom. The van der Waals surface area contributed by atoms with Crippen LogP contribution >= 0.6 is 0 Å². The lowest BCUT2D eigenvalue weighted by Gasteiger charge is -2.28. The van der Waals surface area contributed by atoms with E-state index < -0.39 is 73.8 Å². The predicted octanol–water partition coefficient (Wildman–Crippen LogP) is -1.34. The van der Waals surface area contributed by atoms with Crippen molar-refractivity contribution in [3.63, 3.8) is 0 Å². The molecule has 51 heavy (non-hydrogen) atoms. The van der Waals surface area contributed by atoms with Crippen LogP contribution in [0.15, 0.2) is 54.6 Å². The average Bonchev–Trinajstić information content (AvgIpc) is 3.06. The molecule has 0 saturated carbocycles. The number of hydrogen-bond acceptors (Lipinski definition) is 11. The quantitative estimate of drug-likeness (QED) is 0.0584. The van der Waals surface area contributed by atoms with Crippen molar-refractivity contribution in [3.8, 4) is 0 Å². The van der Waals surface area contributed by atoms with Crippen LogP contribution in [0.5, 0.6) is 0 Å². The summed E-state index contributed by atoms with van der Waals surface area (Å²) in [5.74, 6) is -6.60. The highest BCUT2D eigenvalue weighted by molar-refractivity contribution is 5.95. The zero-order valence-corrected chi connectivity index (χ0v) is 28.0. The predicted molar refractivity (Wildman–Crippen MR) is 181 cm³/mol. The normalized spacial score (nSPS) is 11.6. The number of nitrogens with zero attached hydrogens (tertiary/aromatic N) is 3. The Kier molecular flexibility index (Phi) is 18.3. The summed E-state index contributed by atoms with van der Waals surface area (Å²) in [6.45, 7) is -2.57. The first kappa shape index (κ1) is 41.7. The Bertz CT molecular complexity index is 1400. The fourth-order valence-electron chi connectivity index (χ4n) is 4.85. The Morgan fingerprint density at radius 3 is 1.59 bits per heavy atom. The molecule has 0 fully saturated rings. The lowest BCUT2D eigenvalue weighted by Crippen LogP contribution is -2.49. The standard InChI is InChI=1S/C33H45N7O11/c34-26(8-4-7-23-5-2-1-3-6-23)33(51)37-36-32(50)25-11-9-24(10-12-25)17-35-27(41)18-38(13-15-39(19-28(42)43)20-29(44)45)14-16-40(21-30(46)47)22-31(48)49/h1-3,5-6,9-12,26H,4,7-8,13-22,34H2,(H,35,41)(H,36,50)(H,37,51)(H,42,43)(H,44,45)(H,46,47)(H,48,49)/t26-/m1/s1. The maximum atomic E-state index is 12.9. The number of amides is 3. The van der Waals surface area contributed by atoms with E-state index in [9.17, 15) is 33.6 Å². The molecule has 0 heterocycles. The van der Waals surface area contributed by atoms with Crippen LogP contribution in [0.3, 0.4) is 0 Å². The summed E-state index contributed by atoms with van der Waals surface area (Å²) in [7, 11) is 0. The first-order valence-electron chi connectivity index (χ1n) is 16.0. The fourth-order valence-corrected chi connectivity index (χ4v) is 4.85. The van der Waals surface area contributed by atoms with Crippen LogP contribution in [0.2, 0.25) is 0 Å². The van der Waals surface area contributed by atoms with Crippen LogP contribution in [0, 0.1) is 0 Å². The van der Waals surface area contributed by atoms with Crippen molar-refractivity contribution in [2.45, 2.75) is 31.8 Å². The van der Waals surface area contributed by atoms with Crippen molar-refractivity contribution in [1.82, 2.24) is 30.9 Å². The molecule has 0 unspecified atom stereocenters. The second-order valence-corrected chi connectivity index (χ2v) is 11.7. The van der Waals surface area contributed by atoms with Crippen LogP contribution in [-0.4, -0.2) is 142 Å². The van der Waals surface area contributed by atoms with Crippen molar-refractivity contribution >= 4 is 41.6 Å². The molecule has 2 aromatic rings. The summed E-state index contributed by atoms with van der Waals surface area (Å²) in [6, 6.07) is 15.1. The minimum Gasteiger partial charge on any atom is -0.480 e. The second kappa shape index (κ2) is 22.3. The smallest absolute Gasteiger partial charge is 0.317 e. The number of hydrazine groups is 1. The molecule has 3 amide bonds. The molecule has 278 valence electrons. The minimum atomic E-state index is -1.25. The number of nitrogens with two attached hydrogens (primary N) is 1. The molecule has 18 nitrogen and oxygen atoms in total. The number of nitrogens with one attached hydrogen (secondary N) is 3. The van der Waals surface area contributed by atoms with Gasteiger partial charge in [-0.15, -0.1) is 0 Å². The summed E-state index contributed by atoms with van der Waals surface area (Å²) in [4.78, 5) is 86.3. The molecular formula is C33H45N7O11. The number of carbonyl (C=O) groups is 7. The molecule has 0 spiro atoms. The molecule has 0 aliphatic heterocycles. The zero-order valence-electron chi connectivity index (χ0n) is 28.0. The van der Waals surface area contributed by atoms with Crippen molar-refractivity contribution in [2.24, 2.45) is 5.73 Å². The molecule has 1 atom stereocenters. The van der Waals surface area contributed by atoms with Gasteiger partial charge < -0.3 is 31.5 Å². The lowest BCUT2D eigenvalue weighted by atomic mass is 10.0. The van der Waals surface area contributed by atoms with Crippen LogP contribution in [0.4, 0.5) is 0 Å². The zero-order chi connectivity index (χ0) is 37.8. The van der Waals surface area contributed by atoms with Gasteiger partial charge in [0.1, 0.15) is 0 Å². The lowest BCUT2D eigenvalue weighted by molar-refractivity contribution is -0.143. The third-order valence-electron chi connectivity index (χ3n) is 7.43. The van der Waals surface area contributed by atoms with Crippen LogP contribution in [0.1, 0.15) is 34.3 Å². The maximum absolute atomic E-state index is 12.9. The second-order valence-electron chi connectivity index (χ2n) is 11.7. The molecular weight excluding hydrogens is 670 g/mol. The minimum absolute atomic E-state index is 0.0148. The van der Waals surface area contributed by atoms with Gasteiger partial charge in [0.15, 0.2) is 0 Å². The van der Waals surface area contributed by atoms with Crippen molar-refractivity contribution in [2.75, 3.05) is 58.9 Å². The summed E-state index contributed by atoms with van der Waals surface area (Å²) in [6.07, 6.45) is 1.89. The van der Waals surface area contributed by atoms with Gasteiger partial charge in [0.25, 0.3) is 11.8 Å². The topological polar surface area (TPSA) is 272 Å². The fraction of sp³-hybridized carbons (Fsp3) is 0.424. The first-order chi connectivity index (χ1) is 24.2. The van der Waals surface area contributed by atoms with Crippen molar-refractivity contribution < 1.29 is 54.0 Å². The van der Waals surface area contributed by atoms with E-state index in [-0.39, 0.29) is 44.8 Å². The van der Waals surface area contributed by atoms with E-state index in [0.29, 0.717) is 18.4 Å². The number of carbonyl (C=O) groups excluding carboxylic acids is 3. The van der Waals surface area contributed by atoms with Gasteiger partial charge in [-0.3, -0.25) is 59.1 Å². The van der Waals surface area contributed by atoms with Gasteiger partial charge in [-0.05, 0) is 42.5 Å². The van der Waals surface area contributed by atoms with Gasteiger partial charge in [-0.2, -0.15) is 0 Å². The maximum Gasteiger partial charge on any atom is 0.317 e. The molecule has 0 aliphatic carbocycles. The highest BCUT2D eigenvalue weighted by Crippen LogP contribution is 2.07. The molecule has 2 aromatic carbocycles. The van der Waals surface area contributed by atoms with E-state index in [4.69, 9.17) is 26.2 Å². The average molecular weight is 716 g/mol. The van der Waals surface area contributed by atoms with E-state index in [1.54, 1.807) is 12.1 Å². The molecule has 0 bridgehead atoms. The summed E-state index contributed by atoms with van der Waals surface area (Å²) in [5.41, 5.74) is 12.6. The molecule has 0 aliphatic rings. The number of carboxylic acid groups (broad SMARTS) is 4. The molecule has 9 N–H and O–H groups in total. The number of aryl methyl sites for hydroxylation is 1. The number of carboxylic acids is 4. The number of hydrogen-bond donors (Lipinski definition) is 8. The van der Waals surface area contributed by atoms with Crippen molar-refractivity contribution in [1.29, 1.82) is 0 Å². The van der Waals surface area contributed by atoms with Crippen LogP contribution < -0.4 is 21.9 Å².